The quantitative estimate of drug-likeness (QED) is 0.735. The van der Waals surface area contributed by atoms with Gasteiger partial charge in [-0.05, 0) is 12.1 Å². The number of nitrogens with one attached hydrogen (secondary N) is 1. The van der Waals surface area contributed by atoms with Crippen molar-refractivity contribution < 1.29 is 4.74 Å². The molecule has 5 nitrogen and oxygen atoms in total. The topological polar surface area (TPSA) is 68.9 Å². The second-order valence-corrected chi connectivity index (χ2v) is 4.09. The van der Waals surface area contributed by atoms with Crippen LogP contribution >= 0.6 is 0 Å². The van der Waals surface area contributed by atoms with Crippen molar-refractivity contribution >= 4 is 16.7 Å². The SMILES string of the molecule is Nc1cc2cccc(OCCn3ccnc3)c2[nH]1. The van der Waals surface area contributed by atoms with Gasteiger partial charge in [-0.15, -0.1) is 0 Å². The van der Waals surface area contributed by atoms with E-state index in [-0.39, 0.29) is 0 Å². The van der Waals surface area contributed by atoms with E-state index in [9.17, 15) is 0 Å². The zero-order chi connectivity index (χ0) is 12.4. The van der Waals surface area contributed by atoms with Gasteiger partial charge >= 0.3 is 0 Å². The van der Waals surface area contributed by atoms with E-state index in [1.807, 2.05) is 35.0 Å². The lowest BCUT2D eigenvalue weighted by Crippen LogP contribution is -2.06. The number of nitrogen functional groups attached to an aromatic ring is 1. The molecule has 0 spiro atoms. The van der Waals surface area contributed by atoms with Gasteiger partial charge in [-0.2, -0.15) is 0 Å². The van der Waals surface area contributed by atoms with Crippen LogP contribution in [0.3, 0.4) is 0 Å². The number of nitrogens with two attached hydrogens (primary N) is 1. The minimum atomic E-state index is 0.592. The maximum Gasteiger partial charge on any atom is 0.143 e. The van der Waals surface area contributed by atoms with Crippen LogP contribution < -0.4 is 10.5 Å². The van der Waals surface area contributed by atoms with Crippen LogP contribution in [0.1, 0.15) is 0 Å². The first-order chi connectivity index (χ1) is 8.83. The van der Waals surface area contributed by atoms with Gasteiger partial charge in [0.15, 0.2) is 0 Å². The Kier molecular flexibility index (Phi) is 2.64. The molecule has 0 radical (unpaired) electrons. The molecule has 2 heterocycles. The van der Waals surface area contributed by atoms with E-state index < -0.39 is 0 Å². The minimum Gasteiger partial charge on any atom is -0.490 e. The number of imidazole rings is 1. The lowest BCUT2D eigenvalue weighted by atomic mass is 10.2. The molecule has 0 aliphatic heterocycles. The predicted octanol–water partition coefficient (Wildman–Crippen LogP) is 2.03. The fraction of sp³-hybridized carbons (Fsp3) is 0.154. The number of aromatic amines is 1. The van der Waals surface area contributed by atoms with Crippen molar-refractivity contribution in [3.05, 3.63) is 43.0 Å². The summed E-state index contributed by atoms with van der Waals surface area (Å²) in [6, 6.07) is 7.80. The third kappa shape index (κ3) is 2.02. The van der Waals surface area contributed by atoms with E-state index in [2.05, 4.69) is 9.97 Å². The number of hydrogen-bond acceptors (Lipinski definition) is 3. The Hall–Kier alpha value is -2.43. The molecule has 3 rings (SSSR count). The highest BCUT2D eigenvalue weighted by molar-refractivity contribution is 5.88. The predicted molar refractivity (Wildman–Crippen MR) is 70.4 cm³/mol. The van der Waals surface area contributed by atoms with Crippen molar-refractivity contribution in [2.45, 2.75) is 6.54 Å². The standard InChI is InChI=1S/C13H14N4O/c14-12-8-10-2-1-3-11(13(10)16-12)18-7-6-17-5-4-15-9-17/h1-5,8-9,16H,6-7,14H2. The molecule has 18 heavy (non-hydrogen) atoms. The molecule has 0 atom stereocenters. The van der Waals surface area contributed by atoms with Crippen LogP contribution in [-0.4, -0.2) is 21.1 Å². The number of nitrogens with zero attached hydrogens (tertiary/aromatic N) is 2. The van der Waals surface area contributed by atoms with Gasteiger partial charge in [0.05, 0.1) is 18.4 Å². The number of hydrogen-bond donors (Lipinski definition) is 2. The summed E-state index contributed by atoms with van der Waals surface area (Å²) in [4.78, 5) is 7.09. The summed E-state index contributed by atoms with van der Waals surface area (Å²) >= 11 is 0. The van der Waals surface area contributed by atoms with E-state index in [1.165, 1.54) is 0 Å². The summed E-state index contributed by atoms with van der Waals surface area (Å²) in [5.41, 5.74) is 6.69. The van der Waals surface area contributed by atoms with Crippen LogP contribution in [-0.2, 0) is 6.54 Å². The maximum atomic E-state index is 5.77. The summed E-state index contributed by atoms with van der Waals surface area (Å²) in [7, 11) is 0. The van der Waals surface area contributed by atoms with Gasteiger partial charge in [-0.1, -0.05) is 12.1 Å². The van der Waals surface area contributed by atoms with Gasteiger partial charge < -0.3 is 20.0 Å². The molecule has 0 aliphatic carbocycles. The van der Waals surface area contributed by atoms with Crippen molar-refractivity contribution in [3.8, 4) is 5.75 Å². The molecule has 3 N–H and O–H groups in total. The zero-order valence-corrected chi connectivity index (χ0v) is 9.84. The summed E-state index contributed by atoms with van der Waals surface area (Å²) in [5.74, 6) is 1.47. The number of aromatic nitrogens is 3. The number of ether oxygens (including phenoxy) is 1. The molecule has 0 amide bonds. The molecular formula is C13H14N4O. The van der Waals surface area contributed by atoms with Crippen molar-refractivity contribution in [2.24, 2.45) is 0 Å². The second kappa shape index (κ2) is 4.44. The maximum absolute atomic E-state index is 5.77. The lowest BCUT2D eigenvalue weighted by Gasteiger charge is -2.07. The molecule has 0 saturated heterocycles. The van der Waals surface area contributed by atoms with Gasteiger partial charge in [0.25, 0.3) is 0 Å². The number of fused-ring (bicyclic) bond motifs is 1. The number of anilines is 1. The fourth-order valence-corrected chi connectivity index (χ4v) is 1.95. The number of H-pyrrole nitrogens is 1. The van der Waals surface area contributed by atoms with Gasteiger partial charge in [-0.25, -0.2) is 4.98 Å². The molecule has 0 bridgehead atoms. The van der Waals surface area contributed by atoms with Crippen LogP contribution in [0.4, 0.5) is 5.82 Å². The summed E-state index contributed by atoms with van der Waals surface area (Å²) in [6.45, 7) is 1.36. The van der Waals surface area contributed by atoms with Crippen LogP contribution in [0, 0.1) is 0 Å². The first kappa shape index (κ1) is 10.7. The van der Waals surface area contributed by atoms with Crippen molar-refractivity contribution in [1.29, 1.82) is 0 Å². The summed E-state index contributed by atoms with van der Waals surface area (Å²) < 4.78 is 7.75. The number of rotatable bonds is 4. The van der Waals surface area contributed by atoms with Gasteiger partial charge in [0.1, 0.15) is 18.2 Å². The van der Waals surface area contributed by atoms with Gasteiger partial charge in [0.2, 0.25) is 0 Å². The lowest BCUT2D eigenvalue weighted by molar-refractivity contribution is 0.301. The van der Waals surface area contributed by atoms with E-state index in [0.717, 1.165) is 23.2 Å². The first-order valence-electron chi connectivity index (χ1n) is 5.79. The Labute approximate surface area is 104 Å². The highest BCUT2D eigenvalue weighted by atomic mass is 16.5. The third-order valence-electron chi connectivity index (χ3n) is 2.81. The smallest absolute Gasteiger partial charge is 0.143 e. The molecule has 0 aliphatic rings. The number of benzene rings is 1. The average Bonchev–Trinajstić information content (AvgIpc) is 2.97. The second-order valence-electron chi connectivity index (χ2n) is 4.09. The van der Waals surface area contributed by atoms with Crippen LogP contribution in [0.2, 0.25) is 0 Å². The van der Waals surface area contributed by atoms with E-state index in [0.29, 0.717) is 12.4 Å². The van der Waals surface area contributed by atoms with Gasteiger partial charge in [-0.3, -0.25) is 0 Å². The van der Waals surface area contributed by atoms with Gasteiger partial charge in [0, 0.05) is 17.8 Å². The Morgan fingerprint density at radius 1 is 1.39 bits per heavy atom. The molecule has 0 saturated carbocycles. The molecule has 0 unspecified atom stereocenters. The molecule has 3 aromatic rings. The van der Waals surface area contributed by atoms with E-state index in [4.69, 9.17) is 10.5 Å². The minimum absolute atomic E-state index is 0.592. The van der Waals surface area contributed by atoms with E-state index >= 15 is 0 Å². The molecule has 5 heteroatoms. The van der Waals surface area contributed by atoms with E-state index in [1.54, 1.807) is 12.5 Å². The zero-order valence-electron chi connectivity index (χ0n) is 9.84. The first-order valence-corrected chi connectivity index (χ1v) is 5.79. The normalized spacial score (nSPS) is 10.9. The fourth-order valence-electron chi connectivity index (χ4n) is 1.95. The molecular weight excluding hydrogens is 228 g/mol. The van der Waals surface area contributed by atoms with Crippen LogP contribution in [0.25, 0.3) is 10.9 Å². The monoisotopic (exact) mass is 242 g/mol. The van der Waals surface area contributed by atoms with Crippen molar-refractivity contribution in [3.63, 3.8) is 0 Å². The Bertz CT molecular complexity index is 642. The largest absolute Gasteiger partial charge is 0.490 e. The van der Waals surface area contributed by atoms with Crippen LogP contribution in [0.5, 0.6) is 5.75 Å². The Morgan fingerprint density at radius 2 is 2.33 bits per heavy atom. The van der Waals surface area contributed by atoms with Crippen LogP contribution in [0.15, 0.2) is 43.0 Å². The Balaban J connectivity index is 1.74. The average molecular weight is 242 g/mol. The molecule has 2 aromatic heterocycles. The highest BCUT2D eigenvalue weighted by Crippen LogP contribution is 2.26. The Morgan fingerprint density at radius 3 is 3.17 bits per heavy atom. The number of para-hydroxylation sites is 1. The van der Waals surface area contributed by atoms with Crippen molar-refractivity contribution in [1.82, 2.24) is 14.5 Å². The summed E-state index contributed by atoms with van der Waals surface area (Å²) in [5, 5.41) is 1.06. The molecule has 92 valence electrons. The summed E-state index contributed by atoms with van der Waals surface area (Å²) in [6.07, 6.45) is 5.44. The molecule has 1 aromatic carbocycles. The highest BCUT2D eigenvalue weighted by Gasteiger charge is 2.04. The van der Waals surface area contributed by atoms with Crippen molar-refractivity contribution in [2.75, 3.05) is 12.3 Å². The third-order valence-corrected chi connectivity index (χ3v) is 2.81. The molecule has 0 fully saturated rings.